The van der Waals surface area contributed by atoms with Crippen LogP contribution in [0, 0.1) is 6.92 Å². The molecule has 0 unspecified atom stereocenters. The minimum atomic E-state index is -3.55. The molecule has 138 valence electrons. The number of para-hydroxylation sites is 2. The minimum Gasteiger partial charge on any atom is -0.495 e. The highest BCUT2D eigenvalue weighted by molar-refractivity contribution is 7.92. The second-order valence-electron chi connectivity index (χ2n) is 6.06. The number of rotatable bonds is 4. The molecule has 26 heavy (non-hydrogen) atoms. The van der Waals surface area contributed by atoms with Crippen molar-refractivity contribution in [1.82, 2.24) is 0 Å². The molecule has 1 aliphatic rings. The van der Waals surface area contributed by atoms with Crippen molar-refractivity contribution in [2.75, 3.05) is 29.5 Å². The molecule has 1 heterocycles. The maximum Gasteiger partial charge on any atom is 0.267 e. The number of hydrogen-bond acceptors (Lipinski definition) is 5. The van der Waals surface area contributed by atoms with Crippen LogP contribution in [0.2, 0.25) is 0 Å². The molecule has 2 aromatic rings. The minimum absolute atomic E-state index is 0.101. The van der Waals surface area contributed by atoms with E-state index in [0.29, 0.717) is 22.9 Å². The van der Waals surface area contributed by atoms with Crippen molar-refractivity contribution < 1.29 is 22.7 Å². The molecular formula is C18H20N2O5S. The number of ether oxygens (including phenoxy) is 2. The molecule has 1 atom stereocenters. The molecule has 0 bridgehead atoms. The summed E-state index contributed by atoms with van der Waals surface area (Å²) >= 11 is 0. The summed E-state index contributed by atoms with van der Waals surface area (Å²) in [6.45, 7) is 1.80. The Morgan fingerprint density at radius 3 is 2.69 bits per heavy atom. The number of carbonyl (C=O) groups is 1. The first-order chi connectivity index (χ1) is 12.3. The lowest BCUT2D eigenvalue weighted by atomic mass is 10.2. The smallest absolute Gasteiger partial charge is 0.267 e. The van der Waals surface area contributed by atoms with E-state index in [1.54, 1.807) is 36.4 Å². The Labute approximate surface area is 152 Å². The summed E-state index contributed by atoms with van der Waals surface area (Å²) in [6.07, 6.45) is 0.123. The van der Waals surface area contributed by atoms with Crippen molar-refractivity contribution in [1.29, 1.82) is 0 Å². The van der Waals surface area contributed by atoms with E-state index in [-0.39, 0.29) is 6.54 Å². The van der Waals surface area contributed by atoms with Crippen molar-refractivity contribution in [3.05, 3.63) is 48.0 Å². The molecule has 1 aliphatic heterocycles. The zero-order valence-corrected chi connectivity index (χ0v) is 15.5. The number of nitrogens with zero attached hydrogens (tertiary/aromatic N) is 1. The second kappa shape index (κ2) is 6.87. The van der Waals surface area contributed by atoms with Crippen LogP contribution in [0.25, 0.3) is 0 Å². The van der Waals surface area contributed by atoms with E-state index in [9.17, 15) is 13.2 Å². The van der Waals surface area contributed by atoms with Gasteiger partial charge in [0.05, 0.1) is 31.3 Å². The SMILES string of the molecule is COc1ccc(C)cc1NC(=O)[C@H]1CN(S(C)(=O)=O)c2ccccc2O1. The van der Waals surface area contributed by atoms with Crippen LogP contribution in [0.4, 0.5) is 11.4 Å². The summed E-state index contributed by atoms with van der Waals surface area (Å²) in [5, 5.41) is 2.76. The first kappa shape index (κ1) is 18.1. The number of fused-ring (bicyclic) bond motifs is 1. The van der Waals surface area contributed by atoms with E-state index < -0.39 is 22.0 Å². The molecule has 1 amide bonds. The third kappa shape index (κ3) is 3.60. The van der Waals surface area contributed by atoms with Gasteiger partial charge in [-0.2, -0.15) is 0 Å². The van der Waals surface area contributed by atoms with E-state index in [1.807, 2.05) is 13.0 Å². The standard InChI is InChI=1S/C18H20N2O5S/c1-12-8-9-15(24-2)13(10-12)19-18(21)17-11-20(26(3,22)23)14-6-4-5-7-16(14)25-17/h4-10,17H,11H2,1-3H3,(H,19,21)/t17-/m1/s1. The summed E-state index contributed by atoms with van der Waals surface area (Å²) < 4.78 is 36.5. The molecular weight excluding hydrogens is 356 g/mol. The third-order valence-corrected chi connectivity index (χ3v) is 5.19. The zero-order chi connectivity index (χ0) is 18.9. The van der Waals surface area contributed by atoms with Crippen LogP contribution in [0.5, 0.6) is 11.5 Å². The fourth-order valence-corrected chi connectivity index (χ4v) is 3.70. The lowest BCUT2D eigenvalue weighted by Crippen LogP contribution is -2.48. The van der Waals surface area contributed by atoms with Crippen LogP contribution in [-0.2, 0) is 14.8 Å². The normalized spacial score (nSPS) is 16.4. The Hall–Kier alpha value is -2.74. The number of anilines is 2. The summed E-state index contributed by atoms with van der Waals surface area (Å²) in [6, 6.07) is 12.1. The lowest BCUT2D eigenvalue weighted by Gasteiger charge is -2.33. The van der Waals surface area contributed by atoms with Gasteiger partial charge in [-0.1, -0.05) is 18.2 Å². The van der Waals surface area contributed by atoms with Crippen LogP contribution >= 0.6 is 0 Å². The summed E-state index contributed by atoms with van der Waals surface area (Å²) in [7, 11) is -2.04. The number of aryl methyl sites for hydroxylation is 1. The average molecular weight is 376 g/mol. The molecule has 0 aliphatic carbocycles. The highest BCUT2D eigenvalue weighted by Gasteiger charge is 2.35. The highest BCUT2D eigenvalue weighted by Crippen LogP contribution is 2.35. The number of amides is 1. The van der Waals surface area contributed by atoms with E-state index >= 15 is 0 Å². The Kier molecular flexibility index (Phi) is 4.78. The molecule has 7 nitrogen and oxygen atoms in total. The van der Waals surface area contributed by atoms with Crippen LogP contribution < -0.4 is 19.1 Å². The number of sulfonamides is 1. The van der Waals surface area contributed by atoms with E-state index in [1.165, 1.54) is 11.4 Å². The summed E-state index contributed by atoms with van der Waals surface area (Å²) in [4.78, 5) is 12.7. The van der Waals surface area contributed by atoms with Crippen LogP contribution in [0.3, 0.4) is 0 Å². The summed E-state index contributed by atoms with van der Waals surface area (Å²) in [5.41, 5.74) is 1.88. The van der Waals surface area contributed by atoms with Crippen molar-refractivity contribution in [2.45, 2.75) is 13.0 Å². The van der Waals surface area contributed by atoms with Crippen LogP contribution in [0.15, 0.2) is 42.5 Å². The fraction of sp³-hybridized carbons (Fsp3) is 0.278. The van der Waals surface area contributed by atoms with Gasteiger partial charge in [0.1, 0.15) is 11.5 Å². The zero-order valence-electron chi connectivity index (χ0n) is 14.7. The Balaban J connectivity index is 1.89. The first-order valence-corrected chi connectivity index (χ1v) is 9.83. The molecule has 8 heteroatoms. The van der Waals surface area contributed by atoms with Crippen molar-refractivity contribution >= 4 is 27.3 Å². The van der Waals surface area contributed by atoms with E-state index in [2.05, 4.69) is 5.32 Å². The number of nitrogens with one attached hydrogen (secondary N) is 1. The van der Waals surface area contributed by atoms with Crippen LogP contribution in [0.1, 0.15) is 5.56 Å². The topological polar surface area (TPSA) is 84.9 Å². The third-order valence-electron chi connectivity index (χ3n) is 4.04. The van der Waals surface area contributed by atoms with Crippen molar-refractivity contribution in [2.24, 2.45) is 0 Å². The number of benzene rings is 2. The first-order valence-electron chi connectivity index (χ1n) is 7.98. The molecule has 2 aromatic carbocycles. The molecule has 0 fully saturated rings. The molecule has 0 radical (unpaired) electrons. The number of hydrogen-bond donors (Lipinski definition) is 1. The summed E-state index contributed by atoms with van der Waals surface area (Å²) in [5.74, 6) is 0.415. The van der Waals surface area contributed by atoms with Gasteiger partial charge in [0.2, 0.25) is 10.0 Å². The molecule has 0 spiro atoms. The molecule has 3 rings (SSSR count). The number of methoxy groups -OCH3 is 1. The van der Waals surface area contributed by atoms with Crippen molar-refractivity contribution in [3.8, 4) is 11.5 Å². The Morgan fingerprint density at radius 1 is 1.27 bits per heavy atom. The Bertz CT molecular complexity index is 942. The van der Waals surface area contributed by atoms with Crippen molar-refractivity contribution in [3.63, 3.8) is 0 Å². The van der Waals surface area contributed by atoms with E-state index in [0.717, 1.165) is 11.8 Å². The van der Waals surface area contributed by atoms with Gasteiger partial charge in [0.15, 0.2) is 6.10 Å². The highest BCUT2D eigenvalue weighted by atomic mass is 32.2. The maximum atomic E-state index is 12.7. The Morgan fingerprint density at radius 2 is 2.00 bits per heavy atom. The molecule has 0 saturated carbocycles. The van der Waals surface area contributed by atoms with E-state index in [4.69, 9.17) is 9.47 Å². The fourth-order valence-electron chi connectivity index (χ4n) is 2.79. The molecule has 1 N–H and O–H groups in total. The molecule has 0 aromatic heterocycles. The number of carbonyl (C=O) groups excluding carboxylic acids is 1. The monoisotopic (exact) mass is 376 g/mol. The van der Waals surface area contributed by atoms with Gasteiger partial charge in [-0.05, 0) is 36.8 Å². The predicted molar refractivity (Wildman–Crippen MR) is 99.4 cm³/mol. The van der Waals surface area contributed by atoms with Gasteiger partial charge in [-0.3, -0.25) is 9.10 Å². The largest absolute Gasteiger partial charge is 0.495 e. The van der Waals surface area contributed by atoms with Gasteiger partial charge in [-0.25, -0.2) is 8.42 Å². The van der Waals surface area contributed by atoms with Gasteiger partial charge < -0.3 is 14.8 Å². The maximum absolute atomic E-state index is 12.7. The quantitative estimate of drug-likeness (QED) is 0.884. The van der Waals surface area contributed by atoms with Gasteiger partial charge in [0.25, 0.3) is 5.91 Å². The lowest BCUT2D eigenvalue weighted by molar-refractivity contribution is -0.122. The predicted octanol–water partition coefficient (Wildman–Crippen LogP) is 2.17. The van der Waals surface area contributed by atoms with Gasteiger partial charge in [0, 0.05) is 0 Å². The second-order valence-corrected chi connectivity index (χ2v) is 7.97. The van der Waals surface area contributed by atoms with Crippen LogP contribution in [-0.4, -0.2) is 40.3 Å². The van der Waals surface area contributed by atoms with Gasteiger partial charge in [-0.15, -0.1) is 0 Å². The average Bonchev–Trinajstić information content (AvgIpc) is 2.60. The van der Waals surface area contributed by atoms with Gasteiger partial charge >= 0.3 is 0 Å². The molecule has 0 saturated heterocycles.